The molecule has 0 aromatic heterocycles. The van der Waals surface area contributed by atoms with Crippen LogP contribution in [0.15, 0.2) is 0 Å². The Balaban J connectivity index is 2.52. The van der Waals surface area contributed by atoms with Gasteiger partial charge in [-0.2, -0.15) is 13.2 Å². The number of rotatable bonds is 5. The second-order valence-electron chi connectivity index (χ2n) is 5.79. The van der Waals surface area contributed by atoms with Crippen molar-refractivity contribution >= 4 is 5.78 Å². The van der Waals surface area contributed by atoms with E-state index in [0.717, 1.165) is 19.3 Å². The van der Waals surface area contributed by atoms with Crippen LogP contribution in [-0.2, 0) is 4.79 Å². The zero-order chi connectivity index (χ0) is 13.8. The van der Waals surface area contributed by atoms with Crippen molar-refractivity contribution in [3.8, 4) is 0 Å². The second-order valence-corrected chi connectivity index (χ2v) is 5.79. The molecule has 4 heteroatoms. The van der Waals surface area contributed by atoms with E-state index < -0.39 is 18.0 Å². The van der Waals surface area contributed by atoms with Crippen molar-refractivity contribution in [1.29, 1.82) is 0 Å². The quantitative estimate of drug-likeness (QED) is 0.700. The number of hydrogen-bond acceptors (Lipinski definition) is 1. The first-order valence-electron chi connectivity index (χ1n) is 6.91. The first kappa shape index (κ1) is 15.5. The Morgan fingerprint density at radius 3 is 2.39 bits per heavy atom. The van der Waals surface area contributed by atoms with Gasteiger partial charge in [0.2, 0.25) is 0 Å². The molecule has 0 radical (unpaired) electrons. The lowest BCUT2D eigenvalue weighted by atomic mass is 9.75. The fraction of sp³-hybridized carbons (Fsp3) is 0.929. The van der Waals surface area contributed by atoms with E-state index in [2.05, 4.69) is 13.8 Å². The highest BCUT2D eigenvalue weighted by Gasteiger charge is 2.47. The summed E-state index contributed by atoms with van der Waals surface area (Å²) in [4.78, 5) is 11.9. The SMILES string of the molecule is CC(C)CCCC(=O)C1CCCCC1C(F)(F)F. The molecule has 0 aliphatic heterocycles. The molecule has 0 bridgehead atoms. The molecule has 0 aromatic rings. The summed E-state index contributed by atoms with van der Waals surface area (Å²) in [5, 5.41) is 0. The maximum absolute atomic E-state index is 12.8. The van der Waals surface area contributed by atoms with E-state index in [0.29, 0.717) is 25.2 Å². The number of carbonyl (C=O) groups excluding carboxylic acids is 1. The maximum Gasteiger partial charge on any atom is 0.392 e. The smallest absolute Gasteiger partial charge is 0.299 e. The highest BCUT2D eigenvalue weighted by molar-refractivity contribution is 5.81. The monoisotopic (exact) mass is 264 g/mol. The predicted octanol–water partition coefficient (Wildman–Crippen LogP) is 4.75. The lowest BCUT2D eigenvalue weighted by Crippen LogP contribution is -2.37. The van der Waals surface area contributed by atoms with Crippen LogP contribution in [0.25, 0.3) is 0 Å². The molecule has 2 atom stereocenters. The van der Waals surface area contributed by atoms with Gasteiger partial charge in [0.25, 0.3) is 0 Å². The van der Waals surface area contributed by atoms with E-state index in [1.165, 1.54) is 0 Å². The van der Waals surface area contributed by atoms with Gasteiger partial charge in [-0.05, 0) is 25.2 Å². The molecule has 106 valence electrons. The van der Waals surface area contributed by atoms with E-state index in [-0.39, 0.29) is 12.2 Å². The predicted molar refractivity (Wildman–Crippen MR) is 65.2 cm³/mol. The van der Waals surface area contributed by atoms with Crippen molar-refractivity contribution in [1.82, 2.24) is 0 Å². The van der Waals surface area contributed by atoms with Gasteiger partial charge in [0.15, 0.2) is 0 Å². The number of alkyl halides is 3. The van der Waals surface area contributed by atoms with Gasteiger partial charge in [-0.1, -0.05) is 33.1 Å². The third kappa shape index (κ3) is 4.62. The number of ketones is 1. The van der Waals surface area contributed by atoms with Crippen LogP contribution in [0, 0.1) is 17.8 Å². The van der Waals surface area contributed by atoms with Gasteiger partial charge in [-0.25, -0.2) is 0 Å². The normalized spacial score (nSPS) is 25.4. The summed E-state index contributed by atoms with van der Waals surface area (Å²) < 4.78 is 38.5. The summed E-state index contributed by atoms with van der Waals surface area (Å²) in [6.45, 7) is 4.12. The van der Waals surface area contributed by atoms with E-state index >= 15 is 0 Å². The van der Waals surface area contributed by atoms with Crippen molar-refractivity contribution in [3.05, 3.63) is 0 Å². The first-order chi connectivity index (χ1) is 8.32. The van der Waals surface area contributed by atoms with E-state index in [1.807, 2.05) is 0 Å². The topological polar surface area (TPSA) is 17.1 Å². The Labute approximate surface area is 107 Å². The van der Waals surface area contributed by atoms with Crippen LogP contribution in [-0.4, -0.2) is 12.0 Å². The summed E-state index contributed by atoms with van der Waals surface area (Å²) in [5.74, 6) is -1.83. The Bertz CT molecular complexity index is 271. The molecule has 0 heterocycles. The third-order valence-electron chi connectivity index (χ3n) is 3.80. The molecule has 18 heavy (non-hydrogen) atoms. The van der Waals surface area contributed by atoms with Gasteiger partial charge in [-0.15, -0.1) is 0 Å². The van der Waals surface area contributed by atoms with Crippen LogP contribution < -0.4 is 0 Å². The molecule has 1 rings (SSSR count). The van der Waals surface area contributed by atoms with E-state index in [9.17, 15) is 18.0 Å². The molecule has 0 N–H and O–H groups in total. The van der Waals surface area contributed by atoms with Gasteiger partial charge in [0.1, 0.15) is 5.78 Å². The molecular weight excluding hydrogens is 241 g/mol. The Morgan fingerprint density at radius 1 is 1.22 bits per heavy atom. The zero-order valence-corrected chi connectivity index (χ0v) is 11.2. The molecule has 0 saturated heterocycles. The van der Waals surface area contributed by atoms with Crippen LogP contribution >= 0.6 is 0 Å². The second kappa shape index (κ2) is 6.58. The standard InChI is InChI=1S/C14H23F3O/c1-10(2)6-5-9-13(18)11-7-3-4-8-12(11)14(15,16)17/h10-12H,3-9H2,1-2H3. The van der Waals surface area contributed by atoms with Crippen molar-refractivity contribution in [2.24, 2.45) is 17.8 Å². The zero-order valence-electron chi connectivity index (χ0n) is 11.2. The van der Waals surface area contributed by atoms with Crippen molar-refractivity contribution in [2.45, 2.75) is 65.0 Å². The van der Waals surface area contributed by atoms with Gasteiger partial charge < -0.3 is 0 Å². The van der Waals surface area contributed by atoms with Crippen LogP contribution in [0.4, 0.5) is 13.2 Å². The molecule has 1 saturated carbocycles. The fourth-order valence-corrected chi connectivity index (χ4v) is 2.78. The largest absolute Gasteiger partial charge is 0.392 e. The van der Waals surface area contributed by atoms with E-state index in [1.54, 1.807) is 0 Å². The Kier molecular flexibility index (Phi) is 5.67. The number of halogens is 3. The summed E-state index contributed by atoms with van der Waals surface area (Å²) in [7, 11) is 0. The van der Waals surface area contributed by atoms with Gasteiger partial charge in [0.05, 0.1) is 5.92 Å². The van der Waals surface area contributed by atoms with Crippen LogP contribution in [0.2, 0.25) is 0 Å². The minimum Gasteiger partial charge on any atom is -0.299 e. The Hall–Kier alpha value is -0.540. The van der Waals surface area contributed by atoms with Gasteiger partial charge in [-0.3, -0.25) is 4.79 Å². The molecule has 1 aliphatic carbocycles. The van der Waals surface area contributed by atoms with Gasteiger partial charge >= 0.3 is 6.18 Å². The van der Waals surface area contributed by atoms with Crippen molar-refractivity contribution in [3.63, 3.8) is 0 Å². The molecule has 0 amide bonds. The minimum atomic E-state index is -4.21. The van der Waals surface area contributed by atoms with Gasteiger partial charge in [0, 0.05) is 12.3 Å². The minimum absolute atomic E-state index is 0.129. The molecule has 0 aromatic carbocycles. The molecule has 1 fully saturated rings. The highest BCUT2D eigenvalue weighted by atomic mass is 19.4. The summed E-state index contributed by atoms with van der Waals surface area (Å²) in [5.41, 5.74) is 0. The molecule has 2 unspecified atom stereocenters. The number of carbonyl (C=O) groups is 1. The lowest BCUT2D eigenvalue weighted by molar-refractivity contribution is -0.197. The fourth-order valence-electron chi connectivity index (χ4n) is 2.78. The molecular formula is C14H23F3O. The maximum atomic E-state index is 12.8. The van der Waals surface area contributed by atoms with E-state index in [4.69, 9.17) is 0 Å². The van der Waals surface area contributed by atoms with Crippen LogP contribution in [0.3, 0.4) is 0 Å². The van der Waals surface area contributed by atoms with Crippen molar-refractivity contribution < 1.29 is 18.0 Å². The first-order valence-corrected chi connectivity index (χ1v) is 6.91. The third-order valence-corrected chi connectivity index (χ3v) is 3.80. The molecule has 1 nitrogen and oxygen atoms in total. The number of Topliss-reactive ketones (excluding diaryl/α,β-unsaturated/α-hetero) is 1. The van der Waals surface area contributed by atoms with Crippen LogP contribution in [0.5, 0.6) is 0 Å². The number of hydrogen-bond donors (Lipinski definition) is 0. The van der Waals surface area contributed by atoms with Crippen LogP contribution in [0.1, 0.15) is 58.8 Å². The highest BCUT2D eigenvalue weighted by Crippen LogP contribution is 2.42. The molecule has 0 spiro atoms. The molecule has 1 aliphatic rings. The summed E-state index contributed by atoms with van der Waals surface area (Å²) in [6, 6.07) is 0. The summed E-state index contributed by atoms with van der Waals surface area (Å²) >= 11 is 0. The average molecular weight is 264 g/mol. The summed E-state index contributed by atoms with van der Waals surface area (Å²) in [6.07, 6.45) is -0.358. The Morgan fingerprint density at radius 2 is 1.83 bits per heavy atom. The lowest BCUT2D eigenvalue weighted by Gasteiger charge is -2.32. The average Bonchev–Trinajstić information content (AvgIpc) is 2.27. The van der Waals surface area contributed by atoms with Crippen molar-refractivity contribution in [2.75, 3.05) is 0 Å².